The molecule has 134 valence electrons. The van der Waals surface area contributed by atoms with Crippen molar-refractivity contribution in [1.82, 2.24) is 4.90 Å². The topological polar surface area (TPSA) is 62.6 Å². The van der Waals surface area contributed by atoms with Gasteiger partial charge in [0.25, 0.3) is 11.8 Å². The second kappa shape index (κ2) is 7.76. The first-order valence-electron chi connectivity index (χ1n) is 7.90. The maximum absolute atomic E-state index is 12.8. The molecule has 1 N–H and O–H groups in total. The smallest absolute Gasteiger partial charge is 0.291 e. The minimum Gasteiger partial charge on any atom is -0.459 e. The van der Waals surface area contributed by atoms with E-state index < -0.39 is 0 Å². The van der Waals surface area contributed by atoms with Gasteiger partial charge in [0, 0.05) is 18.6 Å². The van der Waals surface area contributed by atoms with Gasteiger partial charge in [-0.15, -0.1) is 11.3 Å². The normalized spacial score (nSPS) is 10.6. The van der Waals surface area contributed by atoms with Gasteiger partial charge in [0.1, 0.15) is 0 Å². The van der Waals surface area contributed by atoms with Gasteiger partial charge in [0.2, 0.25) is 0 Å². The van der Waals surface area contributed by atoms with E-state index >= 15 is 0 Å². The number of furan rings is 1. The number of amides is 2. The Labute approximate surface area is 160 Å². The summed E-state index contributed by atoms with van der Waals surface area (Å²) in [5.41, 5.74) is 1.69. The summed E-state index contributed by atoms with van der Waals surface area (Å²) in [6, 6.07) is 12.4. The number of benzene rings is 1. The standard InChI is InChI=1S/C19H17ClN2O3S/c1-12-10-16(21-18(23)15-8-5-9-25-15)26-17(12)19(24)22(2)11-13-6-3-4-7-14(13)20/h3-10H,11H2,1-2H3,(H,21,23). The van der Waals surface area contributed by atoms with Gasteiger partial charge in [-0.3, -0.25) is 9.59 Å². The fourth-order valence-corrected chi connectivity index (χ4v) is 3.72. The zero-order chi connectivity index (χ0) is 18.7. The fraction of sp³-hybridized carbons (Fsp3) is 0.158. The monoisotopic (exact) mass is 388 g/mol. The molecule has 0 radical (unpaired) electrons. The minimum atomic E-state index is -0.348. The lowest BCUT2D eigenvalue weighted by Crippen LogP contribution is -2.26. The van der Waals surface area contributed by atoms with Crippen LogP contribution in [-0.4, -0.2) is 23.8 Å². The summed E-state index contributed by atoms with van der Waals surface area (Å²) in [5.74, 6) is -0.245. The Morgan fingerprint density at radius 2 is 2.00 bits per heavy atom. The molecular formula is C19H17ClN2O3S. The van der Waals surface area contributed by atoms with Gasteiger partial charge < -0.3 is 14.6 Å². The first kappa shape index (κ1) is 18.2. The third-order valence-electron chi connectivity index (χ3n) is 3.81. The number of hydrogen-bond acceptors (Lipinski definition) is 4. The summed E-state index contributed by atoms with van der Waals surface area (Å²) in [4.78, 5) is 27.0. The number of carbonyl (C=O) groups is 2. The molecule has 2 aromatic heterocycles. The van der Waals surface area contributed by atoms with Crippen molar-refractivity contribution in [2.24, 2.45) is 0 Å². The lowest BCUT2D eigenvalue weighted by molar-refractivity contribution is 0.0789. The molecule has 0 bridgehead atoms. The Kier molecular flexibility index (Phi) is 5.44. The summed E-state index contributed by atoms with van der Waals surface area (Å²) < 4.78 is 5.07. The highest BCUT2D eigenvalue weighted by Gasteiger charge is 2.20. The van der Waals surface area contributed by atoms with Crippen LogP contribution in [0.4, 0.5) is 5.00 Å². The first-order valence-corrected chi connectivity index (χ1v) is 9.09. The van der Waals surface area contributed by atoms with E-state index in [1.54, 1.807) is 36.2 Å². The maximum Gasteiger partial charge on any atom is 0.291 e. The SMILES string of the molecule is Cc1cc(NC(=O)c2ccco2)sc1C(=O)N(C)Cc1ccccc1Cl. The molecule has 3 aromatic rings. The zero-order valence-electron chi connectivity index (χ0n) is 14.3. The summed E-state index contributed by atoms with van der Waals surface area (Å²) in [7, 11) is 1.73. The molecule has 0 aliphatic heterocycles. The Morgan fingerprint density at radius 1 is 1.23 bits per heavy atom. The van der Waals surface area contributed by atoms with Crippen LogP contribution in [0.3, 0.4) is 0 Å². The van der Waals surface area contributed by atoms with Crippen LogP contribution in [0.2, 0.25) is 5.02 Å². The third-order valence-corrected chi connectivity index (χ3v) is 5.32. The van der Waals surface area contributed by atoms with E-state index in [0.29, 0.717) is 21.4 Å². The van der Waals surface area contributed by atoms with Crippen molar-refractivity contribution in [3.8, 4) is 0 Å². The van der Waals surface area contributed by atoms with E-state index in [9.17, 15) is 9.59 Å². The Bertz CT molecular complexity index is 934. The summed E-state index contributed by atoms with van der Waals surface area (Å²) in [5, 5.41) is 3.97. The number of nitrogens with one attached hydrogen (secondary N) is 1. The molecule has 0 atom stereocenters. The lowest BCUT2D eigenvalue weighted by atomic mass is 10.2. The molecular weight excluding hydrogens is 372 g/mol. The second-order valence-corrected chi connectivity index (χ2v) is 7.27. The van der Waals surface area contributed by atoms with Crippen LogP contribution < -0.4 is 5.32 Å². The predicted molar refractivity (Wildman–Crippen MR) is 103 cm³/mol. The van der Waals surface area contributed by atoms with E-state index in [0.717, 1.165) is 11.1 Å². The molecule has 2 amide bonds. The van der Waals surface area contributed by atoms with Crippen LogP contribution in [0.5, 0.6) is 0 Å². The van der Waals surface area contributed by atoms with Crippen molar-refractivity contribution in [3.63, 3.8) is 0 Å². The van der Waals surface area contributed by atoms with Crippen molar-refractivity contribution in [1.29, 1.82) is 0 Å². The number of thiophene rings is 1. The van der Waals surface area contributed by atoms with E-state index in [4.69, 9.17) is 16.0 Å². The van der Waals surface area contributed by atoms with Gasteiger partial charge in [-0.25, -0.2) is 0 Å². The average molecular weight is 389 g/mol. The van der Waals surface area contributed by atoms with Gasteiger partial charge >= 0.3 is 0 Å². The van der Waals surface area contributed by atoms with Crippen LogP contribution in [0.1, 0.15) is 31.4 Å². The van der Waals surface area contributed by atoms with Crippen molar-refractivity contribution in [2.45, 2.75) is 13.5 Å². The lowest BCUT2D eigenvalue weighted by Gasteiger charge is -2.17. The molecule has 26 heavy (non-hydrogen) atoms. The van der Waals surface area contributed by atoms with Crippen LogP contribution in [0, 0.1) is 6.92 Å². The molecule has 3 rings (SSSR count). The number of nitrogens with zero attached hydrogens (tertiary/aromatic N) is 1. The maximum atomic E-state index is 12.8. The van der Waals surface area contributed by atoms with Crippen LogP contribution in [0.25, 0.3) is 0 Å². The molecule has 0 aliphatic carbocycles. The molecule has 7 heteroatoms. The second-order valence-electron chi connectivity index (χ2n) is 5.81. The number of hydrogen-bond donors (Lipinski definition) is 1. The van der Waals surface area contributed by atoms with Crippen molar-refractivity contribution in [3.05, 3.63) is 75.5 Å². The zero-order valence-corrected chi connectivity index (χ0v) is 15.9. The highest BCUT2D eigenvalue weighted by Crippen LogP contribution is 2.29. The highest BCUT2D eigenvalue weighted by molar-refractivity contribution is 7.18. The summed E-state index contributed by atoms with van der Waals surface area (Å²) in [6.07, 6.45) is 1.44. The van der Waals surface area contributed by atoms with Gasteiger partial charge in [-0.2, -0.15) is 0 Å². The Hall–Kier alpha value is -2.57. The molecule has 0 spiro atoms. The Morgan fingerprint density at radius 3 is 2.69 bits per heavy atom. The number of carbonyl (C=O) groups excluding carboxylic acids is 2. The number of aryl methyl sites for hydroxylation is 1. The van der Waals surface area contributed by atoms with E-state index in [2.05, 4.69) is 5.32 Å². The van der Waals surface area contributed by atoms with E-state index in [-0.39, 0.29) is 17.6 Å². The number of anilines is 1. The van der Waals surface area contributed by atoms with Gasteiger partial charge in [-0.1, -0.05) is 29.8 Å². The largest absolute Gasteiger partial charge is 0.459 e. The van der Waals surface area contributed by atoms with Crippen LogP contribution >= 0.6 is 22.9 Å². The van der Waals surface area contributed by atoms with Crippen LogP contribution in [-0.2, 0) is 6.54 Å². The van der Waals surface area contributed by atoms with Gasteiger partial charge in [0.15, 0.2) is 5.76 Å². The molecule has 0 aliphatic rings. The molecule has 0 fully saturated rings. The molecule has 0 saturated carbocycles. The highest BCUT2D eigenvalue weighted by atomic mass is 35.5. The number of halogens is 1. The van der Waals surface area contributed by atoms with Crippen molar-refractivity contribution < 1.29 is 14.0 Å². The first-order chi connectivity index (χ1) is 12.5. The van der Waals surface area contributed by atoms with E-state index in [1.165, 1.54) is 17.6 Å². The predicted octanol–water partition coefficient (Wildman–Crippen LogP) is 4.83. The van der Waals surface area contributed by atoms with E-state index in [1.807, 2.05) is 25.1 Å². The van der Waals surface area contributed by atoms with Crippen molar-refractivity contribution in [2.75, 3.05) is 12.4 Å². The third kappa shape index (κ3) is 3.98. The summed E-state index contributed by atoms with van der Waals surface area (Å²) >= 11 is 7.41. The van der Waals surface area contributed by atoms with Crippen LogP contribution in [0.15, 0.2) is 53.1 Å². The minimum absolute atomic E-state index is 0.120. The molecule has 5 nitrogen and oxygen atoms in total. The van der Waals surface area contributed by atoms with Gasteiger partial charge in [-0.05, 0) is 42.3 Å². The molecule has 0 saturated heterocycles. The fourth-order valence-electron chi connectivity index (χ4n) is 2.46. The summed E-state index contributed by atoms with van der Waals surface area (Å²) in [6.45, 7) is 2.25. The Balaban J connectivity index is 1.72. The average Bonchev–Trinajstić information content (AvgIpc) is 3.26. The quantitative estimate of drug-likeness (QED) is 0.681. The van der Waals surface area contributed by atoms with Gasteiger partial charge in [0.05, 0.1) is 16.1 Å². The van der Waals surface area contributed by atoms with Crippen molar-refractivity contribution >= 4 is 39.8 Å². The molecule has 2 heterocycles. The molecule has 0 unspecified atom stereocenters. The number of rotatable bonds is 5. The molecule has 1 aromatic carbocycles.